The Balaban J connectivity index is 2.96. The van der Waals surface area contributed by atoms with Gasteiger partial charge >= 0.3 is 0 Å². The van der Waals surface area contributed by atoms with Gasteiger partial charge in [-0.15, -0.1) is 6.58 Å². The van der Waals surface area contributed by atoms with Crippen LogP contribution in [0.5, 0.6) is 0 Å². The lowest BCUT2D eigenvalue weighted by Crippen LogP contribution is -2.15. The van der Waals surface area contributed by atoms with Gasteiger partial charge in [0.15, 0.2) is 0 Å². The summed E-state index contributed by atoms with van der Waals surface area (Å²) < 4.78 is 0. The molecular weight excluding hydrogens is 98.1 g/mol. The Hall–Kier alpha value is 0.01000. The summed E-state index contributed by atoms with van der Waals surface area (Å²) in [4.78, 5) is 0. The second-order valence-electron chi connectivity index (χ2n) is 0.810. The van der Waals surface area contributed by atoms with Gasteiger partial charge in [0.25, 0.3) is 0 Å². The summed E-state index contributed by atoms with van der Waals surface area (Å²) in [7, 11) is 0. The van der Waals surface area contributed by atoms with Crippen LogP contribution in [0.3, 0.4) is 0 Å². The number of rotatable bonds is 2. The minimum Gasteiger partial charge on any atom is -0.315 e. The van der Waals surface area contributed by atoms with Crippen LogP contribution in [0.1, 0.15) is 0 Å². The maximum atomic E-state index is 7.94. The number of hydrogen-bond acceptors (Lipinski definition) is 3. The first-order chi connectivity index (χ1) is 2.81. The molecule has 0 aliphatic heterocycles. The topological polar surface area (TPSA) is 32.3 Å². The van der Waals surface area contributed by atoms with Crippen LogP contribution in [0.15, 0.2) is 12.7 Å². The van der Waals surface area contributed by atoms with Crippen LogP contribution in [-0.2, 0) is 0 Å². The van der Waals surface area contributed by atoms with E-state index >= 15 is 0 Å². The van der Waals surface area contributed by atoms with E-state index in [4.69, 9.17) is 5.21 Å². The van der Waals surface area contributed by atoms with Crippen molar-refractivity contribution in [1.82, 2.24) is 5.48 Å². The molecule has 0 saturated heterocycles. The summed E-state index contributed by atoms with van der Waals surface area (Å²) in [6.45, 7) is 3.33. The van der Waals surface area contributed by atoms with E-state index in [0.717, 1.165) is 0 Å². The molecule has 0 aromatic heterocycles. The van der Waals surface area contributed by atoms with E-state index in [2.05, 4.69) is 19.2 Å². The highest BCUT2D eigenvalue weighted by Gasteiger charge is 1.84. The van der Waals surface area contributed by atoms with Gasteiger partial charge in [-0.1, -0.05) is 6.08 Å². The first kappa shape index (κ1) is 6.01. The maximum absolute atomic E-state index is 7.94. The molecule has 0 aromatic carbocycles. The van der Waals surface area contributed by atoms with E-state index in [1.54, 1.807) is 0 Å². The van der Waals surface area contributed by atoms with Crippen molar-refractivity contribution in [3.05, 3.63) is 12.7 Å². The van der Waals surface area contributed by atoms with Crippen LogP contribution >= 0.6 is 12.6 Å². The van der Waals surface area contributed by atoms with Crippen molar-refractivity contribution in [1.29, 1.82) is 0 Å². The van der Waals surface area contributed by atoms with Crippen molar-refractivity contribution in [2.75, 3.05) is 0 Å². The molecule has 1 unspecified atom stereocenters. The Kier molecular flexibility index (Phi) is 3.21. The van der Waals surface area contributed by atoms with Crippen molar-refractivity contribution >= 4 is 12.6 Å². The molecule has 36 valence electrons. The summed E-state index contributed by atoms with van der Waals surface area (Å²) in [5.74, 6) is 0. The molecular formula is C3H7NOS. The Bertz CT molecular complexity index is 48.1. The maximum Gasteiger partial charge on any atom is 0.0922 e. The van der Waals surface area contributed by atoms with Gasteiger partial charge in [0.05, 0.1) is 5.37 Å². The standard InChI is InChI=1S/C3H7NOS/c1-2-3(6)4-5/h2-6H,1H2. The summed E-state index contributed by atoms with van der Waals surface area (Å²) in [6, 6.07) is 0. The van der Waals surface area contributed by atoms with E-state index in [1.165, 1.54) is 6.08 Å². The minimum atomic E-state index is -0.301. The Morgan fingerprint density at radius 2 is 2.50 bits per heavy atom. The zero-order chi connectivity index (χ0) is 4.99. The Morgan fingerprint density at radius 1 is 2.00 bits per heavy atom. The van der Waals surface area contributed by atoms with Crippen LogP contribution in [0.2, 0.25) is 0 Å². The van der Waals surface area contributed by atoms with E-state index in [-0.39, 0.29) is 5.37 Å². The number of hydroxylamine groups is 1. The smallest absolute Gasteiger partial charge is 0.0922 e. The van der Waals surface area contributed by atoms with Crippen LogP contribution in [0.4, 0.5) is 0 Å². The normalized spacial score (nSPS) is 13.7. The molecule has 0 amide bonds. The van der Waals surface area contributed by atoms with Crippen LogP contribution in [-0.4, -0.2) is 10.6 Å². The second-order valence-corrected chi connectivity index (χ2v) is 1.37. The molecule has 0 radical (unpaired) electrons. The molecule has 1 atom stereocenters. The first-order valence-electron chi connectivity index (χ1n) is 1.51. The predicted molar refractivity (Wildman–Crippen MR) is 27.9 cm³/mol. The third kappa shape index (κ3) is 2.26. The fourth-order valence-corrected chi connectivity index (χ4v) is 0.0527. The number of hydrogen-bond donors (Lipinski definition) is 3. The highest BCUT2D eigenvalue weighted by molar-refractivity contribution is 7.81. The molecule has 2 nitrogen and oxygen atoms in total. The highest BCUT2D eigenvalue weighted by atomic mass is 32.1. The number of nitrogens with one attached hydrogen (secondary N) is 1. The zero-order valence-electron chi connectivity index (χ0n) is 3.26. The lowest BCUT2D eigenvalue weighted by molar-refractivity contribution is 0.170. The van der Waals surface area contributed by atoms with Crippen molar-refractivity contribution < 1.29 is 5.21 Å². The molecule has 0 saturated carbocycles. The van der Waals surface area contributed by atoms with Crippen LogP contribution < -0.4 is 5.48 Å². The minimum absolute atomic E-state index is 0.301. The SMILES string of the molecule is C=CC(S)NO. The van der Waals surface area contributed by atoms with Crippen molar-refractivity contribution in [2.45, 2.75) is 5.37 Å². The van der Waals surface area contributed by atoms with E-state index in [0.29, 0.717) is 0 Å². The molecule has 6 heavy (non-hydrogen) atoms. The van der Waals surface area contributed by atoms with Gasteiger partial charge in [0, 0.05) is 0 Å². The quantitative estimate of drug-likeness (QED) is 0.206. The van der Waals surface area contributed by atoms with E-state index < -0.39 is 0 Å². The fraction of sp³-hybridized carbons (Fsp3) is 0.333. The van der Waals surface area contributed by atoms with Gasteiger partial charge in [-0.3, -0.25) is 0 Å². The molecule has 0 bridgehead atoms. The highest BCUT2D eigenvalue weighted by Crippen LogP contribution is 1.84. The predicted octanol–water partition coefficient (Wildman–Crippen LogP) is 0.407. The largest absolute Gasteiger partial charge is 0.315 e. The molecule has 3 heteroatoms. The van der Waals surface area contributed by atoms with Gasteiger partial charge in [-0.25, -0.2) is 0 Å². The van der Waals surface area contributed by atoms with E-state index in [1.807, 2.05) is 5.48 Å². The second kappa shape index (κ2) is 3.21. The van der Waals surface area contributed by atoms with Gasteiger partial charge in [-0.2, -0.15) is 18.1 Å². The Labute approximate surface area is 42.2 Å². The lowest BCUT2D eigenvalue weighted by atomic mass is 10.6. The van der Waals surface area contributed by atoms with Crippen molar-refractivity contribution in [2.24, 2.45) is 0 Å². The fourth-order valence-electron chi connectivity index (χ4n) is 0.0527. The average molecular weight is 105 g/mol. The van der Waals surface area contributed by atoms with Gasteiger partial charge in [-0.05, 0) is 0 Å². The lowest BCUT2D eigenvalue weighted by Gasteiger charge is -1.95. The molecule has 0 rings (SSSR count). The monoisotopic (exact) mass is 105 g/mol. The molecule has 0 aliphatic carbocycles. The molecule has 2 N–H and O–H groups in total. The molecule has 0 aromatic rings. The van der Waals surface area contributed by atoms with Gasteiger partial charge < -0.3 is 5.21 Å². The average Bonchev–Trinajstić information content (AvgIpc) is 1.65. The summed E-state index contributed by atoms with van der Waals surface area (Å²) in [5.41, 5.74) is 1.86. The van der Waals surface area contributed by atoms with Crippen molar-refractivity contribution in [3.63, 3.8) is 0 Å². The third-order valence-corrected chi connectivity index (χ3v) is 0.682. The van der Waals surface area contributed by atoms with Crippen LogP contribution in [0, 0.1) is 0 Å². The first-order valence-corrected chi connectivity index (χ1v) is 2.03. The third-order valence-electron chi connectivity index (χ3n) is 0.356. The van der Waals surface area contributed by atoms with Gasteiger partial charge in [0.1, 0.15) is 0 Å². The Morgan fingerprint density at radius 3 is 2.50 bits per heavy atom. The number of thiol groups is 1. The van der Waals surface area contributed by atoms with Gasteiger partial charge in [0.2, 0.25) is 0 Å². The van der Waals surface area contributed by atoms with Crippen molar-refractivity contribution in [3.8, 4) is 0 Å². The molecule has 0 heterocycles. The summed E-state index contributed by atoms with van der Waals surface area (Å²) >= 11 is 3.75. The molecule has 0 spiro atoms. The summed E-state index contributed by atoms with van der Waals surface area (Å²) in [6.07, 6.45) is 1.48. The summed E-state index contributed by atoms with van der Waals surface area (Å²) in [5, 5.41) is 7.64. The zero-order valence-corrected chi connectivity index (χ0v) is 4.15. The molecule has 0 fully saturated rings. The van der Waals surface area contributed by atoms with Crippen LogP contribution in [0.25, 0.3) is 0 Å². The molecule has 0 aliphatic rings. The van der Waals surface area contributed by atoms with E-state index in [9.17, 15) is 0 Å².